The van der Waals surface area contributed by atoms with E-state index in [2.05, 4.69) is 0 Å². The summed E-state index contributed by atoms with van der Waals surface area (Å²) in [5.41, 5.74) is -0.582. The number of carboxylic acids is 1. The normalized spacial score (nSPS) is 10.1. The van der Waals surface area contributed by atoms with Crippen LogP contribution in [0.4, 0.5) is 8.78 Å². The second-order valence-corrected chi connectivity index (χ2v) is 3.48. The van der Waals surface area contributed by atoms with Gasteiger partial charge in [0.05, 0.1) is 0 Å². The number of benzene rings is 2. The summed E-state index contributed by atoms with van der Waals surface area (Å²) < 4.78 is 31.5. The third kappa shape index (κ3) is 2.45. The molecular weight excluding hydrogens is 242 g/mol. The molecule has 1 N–H and O–H groups in total. The van der Waals surface area contributed by atoms with Crippen molar-refractivity contribution in [3.63, 3.8) is 0 Å². The number of carbonyl (C=O) groups is 1. The maximum absolute atomic E-state index is 13.3. The largest absolute Gasteiger partial charge is 0.477 e. The first-order valence-electron chi connectivity index (χ1n) is 5.03. The zero-order valence-electron chi connectivity index (χ0n) is 9.06. The van der Waals surface area contributed by atoms with E-state index in [1.54, 1.807) is 0 Å². The summed E-state index contributed by atoms with van der Waals surface area (Å²) in [6.07, 6.45) is 0. The van der Waals surface area contributed by atoms with Gasteiger partial charge in [0.1, 0.15) is 28.7 Å². The van der Waals surface area contributed by atoms with E-state index in [0.29, 0.717) is 0 Å². The topological polar surface area (TPSA) is 46.5 Å². The summed E-state index contributed by atoms with van der Waals surface area (Å²) >= 11 is 0. The fourth-order valence-corrected chi connectivity index (χ4v) is 1.45. The molecule has 0 saturated heterocycles. The second kappa shape index (κ2) is 4.83. The van der Waals surface area contributed by atoms with Crippen molar-refractivity contribution in [1.82, 2.24) is 0 Å². The van der Waals surface area contributed by atoms with Crippen LogP contribution < -0.4 is 4.74 Å². The van der Waals surface area contributed by atoms with Crippen LogP contribution in [-0.2, 0) is 0 Å². The Morgan fingerprint density at radius 1 is 1.11 bits per heavy atom. The highest BCUT2D eigenvalue weighted by Gasteiger charge is 2.17. The molecule has 0 spiro atoms. The molecule has 0 aliphatic rings. The maximum Gasteiger partial charge on any atom is 0.342 e. The van der Waals surface area contributed by atoms with Gasteiger partial charge in [0.2, 0.25) is 0 Å². The fourth-order valence-electron chi connectivity index (χ4n) is 1.45. The highest BCUT2D eigenvalue weighted by Crippen LogP contribution is 2.27. The van der Waals surface area contributed by atoms with Gasteiger partial charge in [0.25, 0.3) is 0 Å². The first kappa shape index (κ1) is 12.0. The molecule has 0 amide bonds. The Kier molecular flexibility index (Phi) is 3.23. The number of carboxylic acid groups (broad SMARTS) is 1. The van der Waals surface area contributed by atoms with E-state index in [1.165, 1.54) is 30.3 Å². The molecule has 92 valence electrons. The zero-order valence-corrected chi connectivity index (χ0v) is 9.06. The molecule has 0 aliphatic heterocycles. The fraction of sp³-hybridized carbons (Fsp3) is 0. The Balaban J connectivity index is 2.40. The lowest BCUT2D eigenvalue weighted by Gasteiger charge is -2.09. The third-order valence-corrected chi connectivity index (χ3v) is 2.21. The minimum absolute atomic E-state index is 0.100. The molecule has 0 radical (unpaired) electrons. The van der Waals surface area contributed by atoms with Crippen LogP contribution in [0.5, 0.6) is 11.5 Å². The Labute approximate surface area is 101 Å². The summed E-state index contributed by atoms with van der Waals surface area (Å²) in [6, 6.07) is 8.78. The van der Waals surface area contributed by atoms with Gasteiger partial charge in [-0.2, -0.15) is 0 Å². The molecule has 0 unspecified atom stereocenters. The van der Waals surface area contributed by atoms with Gasteiger partial charge >= 0.3 is 5.97 Å². The van der Waals surface area contributed by atoms with Gasteiger partial charge in [-0.3, -0.25) is 0 Å². The van der Waals surface area contributed by atoms with Crippen molar-refractivity contribution in [1.29, 1.82) is 0 Å². The van der Waals surface area contributed by atoms with Crippen LogP contribution in [0.1, 0.15) is 10.4 Å². The molecule has 0 aromatic heterocycles. The maximum atomic E-state index is 13.3. The second-order valence-electron chi connectivity index (χ2n) is 3.48. The molecule has 5 heteroatoms. The molecule has 2 aromatic carbocycles. The SMILES string of the molecule is O=C(O)c1c(F)cccc1Oc1cccc(F)c1. The van der Waals surface area contributed by atoms with Crippen LogP contribution in [0.3, 0.4) is 0 Å². The van der Waals surface area contributed by atoms with Gasteiger partial charge in [0.15, 0.2) is 0 Å². The molecule has 18 heavy (non-hydrogen) atoms. The van der Waals surface area contributed by atoms with Crippen LogP contribution in [-0.4, -0.2) is 11.1 Å². The standard InChI is InChI=1S/C13H8F2O3/c14-8-3-1-4-9(7-8)18-11-6-2-5-10(15)12(11)13(16)17/h1-7H,(H,16,17). The van der Waals surface area contributed by atoms with E-state index in [4.69, 9.17) is 9.84 Å². The summed E-state index contributed by atoms with van der Waals surface area (Å²) in [5.74, 6) is -2.95. The zero-order chi connectivity index (χ0) is 13.1. The van der Waals surface area contributed by atoms with Crippen molar-refractivity contribution in [2.24, 2.45) is 0 Å². The van der Waals surface area contributed by atoms with E-state index in [1.807, 2.05) is 0 Å². The van der Waals surface area contributed by atoms with Crippen molar-refractivity contribution in [3.8, 4) is 11.5 Å². The average Bonchev–Trinajstić information content (AvgIpc) is 2.28. The molecule has 0 bridgehead atoms. The van der Waals surface area contributed by atoms with Crippen LogP contribution in [0.2, 0.25) is 0 Å². The summed E-state index contributed by atoms with van der Waals surface area (Å²) in [7, 11) is 0. The summed E-state index contributed by atoms with van der Waals surface area (Å²) in [6.45, 7) is 0. The minimum atomic E-state index is -1.44. The van der Waals surface area contributed by atoms with Crippen molar-refractivity contribution < 1.29 is 23.4 Å². The van der Waals surface area contributed by atoms with Gasteiger partial charge in [-0.1, -0.05) is 12.1 Å². The van der Waals surface area contributed by atoms with Crippen molar-refractivity contribution >= 4 is 5.97 Å². The number of aromatic carboxylic acids is 1. The Morgan fingerprint density at radius 3 is 2.50 bits per heavy atom. The van der Waals surface area contributed by atoms with Gasteiger partial charge in [-0.25, -0.2) is 13.6 Å². The van der Waals surface area contributed by atoms with Crippen molar-refractivity contribution in [2.45, 2.75) is 0 Å². The van der Waals surface area contributed by atoms with Crippen LogP contribution in [0.15, 0.2) is 42.5 Å². The first-order chi connectivity index (χ1) is 8.58. The highest BCUT2D eigenvalue weighted by molar-refractivity contribution is 5.91. The molecule has 0 saturated carbocycles. The minimum Gasteiger partial charge on any atom is -0.477 e. The van der Waals surface area contributed by atoms with Gasteiger partial charge in [-0.05, 0) is 24.3 Å². The van der Waals surface area contributed by atoms with Crippen molar-refractivity contribution in [3.05, 3.63) is 59.7 Å². The number of rotatable bonds is 3. The predicted octanol–water partition coefficient (Wildman–Crippen LogP) is 3.46. The summed E-state index contributed by atoms with van der Waals surface area (Å²) in [5, 5.41) is 8.89. The molecule has 2 aromatic rings. The number of hydrogen-bond donors (Lipinski definition) is 1. The lowest BCUT2D eigenvalue weighted by Crippen LogP contribution is -2.03. The quantitative estimate of drug-likeness (QED) is 0.907. The highest BCUT2D eigenvalue weighted by atomic mass is 19.1. The van der Waals surface area contributed by atoms with Crippen LogP contribution in [0, 0.1) is 11.6 Å². The van der Waals surface area contributed by atoms with E-state index in [9.17, 15) is 13.6 Å². The lowest BCUT2D eigenvalue weighted by molar-refractivity contribution is 0.0689. The van der Waals surface area contributed by atoms with Crippen molar-refractivity contribution in [2.75, 3.05) is 0 Å². The van der Waals surface area contributed by atoms with E-state index >= 15 is 0 Å². The van der Waals surface area contributed by atoms with Gasteiger partial charge in [0, 0.05) is 6.07 Å². The molecule has 0 aliphatic carbocycles. The molecular formula is C13H8F2O3. The number of hydrogen-bond acceptors (Lipinski definition) is 2. The average molecular weight is 250 g/mol. The monoisotopic (exact) mass is 250 g/mol. The smallest absolute Gasteiger partial charge is 0.342 e. The van der Waals surface area contributed by atoms with E-state index in [-0.39, 0.29) is 11.5 Å². The summed E-state index contributed by atoms with van der Waals surface area (Å²) in [4.78, 5) is 10.9. The van der Waals surface area contributed by atoms with Crippen LogP contribution in [0.25, 0.3) is 0 Å². The Hall–Kier alpha value is -2.43. The molecule has 0 atom stereocenters. The van der Waals surface area contributed by atoms with Gasteiger partial charge < -0.3 is 9.84 Å². The van der Waals surface area contributed by atoms with E-state index in [0.717, 1.165) is 12.1 Å². The number of halogens is 2. The first-order valence-corrected chi connectivity index (χ1v) is 5.03. The Morgan fingerprint density at radius 2 is 1.83 bits per heavy atom. The molecule has 2 rings (SSSR count). The predicted molar refractivity (Wildman–Crippen MR) is 59.8 cm³/mol. The third-order valence-electron chi connectivity index (χ3n) is 2.21. The molecule has 0 heterocycles. The van der Waals surface area contributed by atoms with E-state index < -0.39 is 23.2 Å². The molecule has 3 nitrogen and oxygen atoms in total. The lowest BCUT2D eigenvalue weighted by atomic mass is 10.2. The number of ether oxygens (including phenoxy) is 1. The Bertz CT molecular complexity index is 597. The van der Waals surface area contributed by atoms with Crippen LogP contribution >= 0.6 is 0 Å². The van der Waals surface area contributed by atoms with Gasteiger partial charge in [-0.15, -0.1) is 0 Å². The molecule has 0 fully saturated rings.